The minimum atomic E-state index is -1.11. The van der Waals surface area contributed by atoms with Gasteiger partial charge in [0.25, 0.3) is 0 Å². The van der Waals surface area contributed by atoms with Crippen LogP contribution in [0.2, 0.25) is 5.02 Å². The lowest BCUT2D eigenvalue weighted by molar-refractivity contribution is -0.144. The first-order valence-corrected chi connectivity index (χ1v) is 6.29. The third-order valence-electron chi connectivity index (χ3n) is 2.93. The molecule has 104 valence electrons. The zero-order chi connectivity index (χ0) is 14.5. The topological polar surface area (TPSA) is 78.4 Å². The molecule has 6 heteroatoms. The molecule has 0 saturated heterocycles. The first-order valence-electron chi connectivity index (χ1n) is 5.91. The molecule has 19 heavy (non-hydrogen) atoms. The molecule has 0 radical (unpaired) electrons. The molecule has 0 bridgehead atoms. The van der Waals surface area contributed by atoms with E-state index in [0.717, 1.165) is 0 Å². The van der Waals surface area contributed by atoms with Crippen molar-refractivity contribution in [3.8, 4) is 0 Å². The van der Waals surface area contributed by atoms with Gasteiger partial charge in [-0.2, -0.15) is 0 Å². The van der Waals surface area contributed by atoms with Crippen LogP contribution in [0.25, 0.3) is 0 Å². The molecule has 0 fully saturated rings. The summed E-state index contributed by atoms with van der Waals surface area (Å²) in [5.74, 6) is -1.30. The fourth-order valence-electron chi connectivity index (χ4n) is 1.40. The molecule has 0 aliphatic rings. The zero-order valence-electron chi connectivity index (χ0n) is 10.9. The van der Waals surface area contributed by atoms with Gasteiger partial charge in [-0.1, -0.05) is 24.6 Å². The van der Waals surface area contributed by atoms with Gasteiger partial charge in [0.1, 0.15) is 5.54 Å². The minimum absolute atomic E-state index is 0.0802. The molecule has 0 spiro atoms. The number of aliphatic carboxylic acids is 1. The van der Waals surface area contributed by atoms with Gasteiger partial charge < -0.3 is 10.4 Å². The Morgan fingerprint density at radius 2 is 2.11 bits per heavy atom. The van der Waals surface area contributed by atoms with Crippen LogP contribution < -0.4 is 10.6 Å². The van der Waals surface area contributed by atoms with Crippen molar-refractivity contribution in [2.24, 2.45) is 0 Å². The van der Waals surface area contributed by atoms with E-state index < -0.39 is 11.5 Å². The molecule has 0 heterocycles. The molecular formula is C13H17ClN2O3. The van der Waals surface area contributed by atoms with Crippen molar-refractivity contribution in [1.82, 2.24) is 5.32 Å². The number of rotatable bonds is 6. The summed E-state index contributed by atoms with van der Waals surface area (Å²) in [5, 5.41) is 15.0. The van der Waals surface area contributed by atoms with Crippen molar-refractivity contribution in [2.45, 2.75) is 25.8 Å². The van der Waals surface area contributed by atoms with Crippen LogP contribution in [-0.2, 0) is 9.59 Å². The normalized spacial score (nSPS) is 13.6. The molecule has 1 amide bonds. The minimum Gasteiger partial charge on any atom is -0.480 e. The van der Waals surface area contributed by atoms with Crippen molar-refractivity contribution >= 4 is 29.2 Å². The zero-order valence-corrected chi connectivity index (χ0v) is 11.6. The number of halogens is 1. The molecular weight excluding hydrogens is 268 g/mol. The summed E-state index contributed by atoms with van der Waals surface area (Å²) < 4.78 is 0. The van der Waals surface area contributed by atoms with Gasteiger partial charge in [-0.25, -0.2) is 0 Å². The molecule has 5 nitrogen and oxygen atoms in total. The molecule has 0 aliphatic heterocycles. The molecule has 1 aromatic carbocycles. The van der Waals surface area contributed by atoms with E-state index in [0.29, 0.717) is 17.1 Å². The molecule has 1 atom stereocenters. The molecule has 1 unspecified atom stereocenters. The first-order chi connectivity index (χ1) is 8.87. The highest BCUT2D eigenvalue weighted by Crippen LogP contribution is 2.14. The molecule has 3 N–H and O–H groups in total. The third-order valence-corrected chi connectivity index (χ3v) is 3.16. The van der Waals surface area contributed by atoms with Gasteiger partial charge in [-0.3, -0.25) is 14.9 Å². The number of benzene rings is 1. The predicted molar refractivity (Wildman–Crippen MR) is 74.4 cm³/mol. The molecule has 1 rings (SSSR count). The van der Waals surface area contributed by atoms with Crippen LogP contribution in [0.5, 0.6) is 0 Å². The van der Waals surface area contributed by atoms with Gasteiger partial charge in [0.2, 0.25) is 5.91 Å². The van der Waals surface area contributed by atoms with Crippen LogP contribution >= 0.6 is 11.6 Å². The monoisotopic (exact) mass is 284 g/mol. The van der Waals surface area contributed by atoms with E-state index in [1.165, 1.54) is 0 Å². The highest BCUT2D eigenvalue weighted by atomic mass is 35.5. The average Bonchev–Trinajstić information content (AvgIpc) is 2.35. The lowest BCUT2D eigenvalue weighted by Crippen LogP contribution is -2.51. The van der Waals surface area contributed by atoms with Crippen LogP contribution in [0.15, 0.2) is 24.3 Å². The maximum Gasteiger partial charge on any atom is 0.323 e. The maximum absolute atomic E-state index is 11.7. The van der Waals surface area contributed by atoms with Crippen LogP contribution in [-0.4, -0.2) is 29.1 Å². The number of nitrogens with one attached hydrogen (secondary N) is 2. The standard InChI is InChI=1S/C13H17ClN2O3/c1-3-13(2,12(18)19)15-8-11(17)16-10-6-4-5-9(14)7-10/h4-7,15H,3,8H2,1-2H3,(H,16,17)(H,18,19). The summed E-state index contributed by atoms with van der Waals surface area (Å²) in [4.78, 5) is 22.8. The Morgan fingerprint density at radius 3 is 2.63 bits per heavy atom. The lowest BCUT2D eigenvalue weighted by atomic mass is 9.99. The highest BCUT2D eigenvalue weighted by molar-refractivity contribution is 6.30. The second-order valence-electron chi connectivity index (χ2n) is 4.40. The number of hydrogen-bond donors (Lipinski definition) is 3. The summed E-state index contributed by atoms with van der Waals surface area (Å²) in [6.07, 6.45) is 0.382. The Balaban J connectivity index is 2.55. The Hall–Kier alpha value is -1.59. The van der Waals surface area contributed by atoms with Gasteiger partial charge in [-0.05, 0) is 31.5 Å². The van der Waals surface area contributed by atoms with Crippen molar-refractivity contribution in [1.29, 1.82) is 0 Å². The van der Waals surface area contributed by atoms with E-state index in [1.54, 1.807) is 38.1 Å². The predicted octanol–water partition coefficient (Wildman–Crippen LogP) is 2.12. The van der Waals surface area contributed by atoms with E-state index in [4.69, 9.17) is 16.7 Å². The summed E-state index contributed by atoms with van der Waals surface area (Å²) in [6.45, 7) is 3.21. The third kappa shape index (κ3) is 4.54. The second-order valence-corrected chi connectivity index (χ2v) is 4.84. The SMILES string of the molecule is CCC(C)(NCC(=O)Nc1cccc(Cl)c1)C(=O)O. The van der Waals surface area contributed by atoms with Gasteiger partial charge in [0, 0.05) is 10.7 Å². The molecule has 0 aliphatic carbocycles. The number of carbonyl (C=O) groups excluding carboxylic acids is 1. The fraction of sp³-hybridized carbons (Fsp3) is 0.385. The van der Waals surface area contributed by atoms with Crippen LogP contribution in [0, 0.1) is 0 Å². The van der Waals surface area contributed by atoms with Gasteiger partial charge in [-0.15, -0.1) is 0 Å². The molecule has 1 aromatic rings. The van der Waals surface area contributed by atoms with Crippen LogP contribution in [0.4, 0.5) is 5.69 Å². The summed E-state index contributed by atoms with van der Waals surface area (Å²) in [7, 11) is 0. The van der Waals surface area contributed by atoms with Gasteiger partial charge in [0.05, 0.1) is 6.54 Å². The smallest absolute Gasteiger partial charge is 0.323 e. The van der Waals surface area contributed by atoms with E-state index in [1.807, 2.05) is 0 Å². The van der Waals surface area contributed by atoms with Crippen LogP contribution in [0.1, 0.15) is 20.3 Å². The summed E-state index contributed by atoms with van der Waals surface area (Å²) >= 11 is 5.80. The Labute approximate surface area is 117 Å². The number of carboxylic acids is 1. The number of carboxylic acid groups (broad SMARTS) is 1. The fourth-order valence-corrected chi connectivity index (χ4v) is 1.59. The summed E-state index contributed by atoms with van der Waals surface area (Å²) in [5.41, 5.74) is -0.529. The second kappa shape index (κ2) is 6.54. The lowest BCUT2D eigenvalue weighted by Gasteiger charge is -2.24. The van der Waals surface area contributed by atoms with Crippen molar-refractivity contribution < 1.29 is 14.7 Å². The largest absolute Gasteiger partial charge is 0.480 e. The average molecular weight is 285 g/mol. The highest BCUT2D eigenvalue weighted by Gasteiger charge is 2.30. The van der Waals surface area contributed by atoms with Crippen molar-refractivity contribution in [3.63, 3.8) is 0 Å². The van der Waals surface area contributed by atoms with E-state index in [9.17, 15) is 9.59 Å². The van der Waals surface area contributed by atoms with Gasteiger partial charge >= 0.3 is 5.97 Å². The quantitative estimate of drug-likeness (QED) is 0.748. The van der Waals surface area contributed by atoms with Crippen molar-refractivity contribution in [3.05, 3.63) is 29.3 Å². The van der Waals surface area contributed by atoms with E-state index in [2.05, 4.69) is 10.6 Å². The first kappa shape index (κ1) is 15.5. The summed E-state index contributed by atoms with van der Waals surface area (Å²) in [6, 6.07) is 6.75. The number of anilines is 1. The Kier molecular flexibility index (Phi) is 5.32. The van der Waals surface area contributed by atoms with Crippen LogP contribution in [0.3, 0.4) is 0 Å². The Morgan fingerprint density at radius 1 is 1.42 bits per heavy atom. The Bertz CT molecular complexity index is 479. The van der Waals surface area contributed by atoms with E-state index in [-0.39, 0.29) is 12.5 Å². The number of amides is 1. The van der Waals surface area contributed by atoms with Gasteiger partial charge in [0.15, 0.2) is 0 Å². The number of carbonyl (C=O) groups is 2. The maximum atomic E-state index is 11.7. The molecule has 0 saturated carbocycles. The molecule has 0 aromatic heterocycles. The van der Waals surface area contributed by atoms with E-state index >= 15 is 0 Å². The van der Waals surface area contributed by atoms with Crippen molar-refractivity contribution in [2.75, 3.05) is 11.9 Å². The number of hydrogen-bond acceptors (Lipinski definition) is 3.